The van der Waals surface area contributed by atoms with Gasteiger partial charge in [-0.2, -0.15) is 11.8 Å². The molecule has 130 valence electrons. The first-order valence-corrected chi connectivity index (χ1v) is 9.65. The molecule has 0 atom stereocenters. The molecule has 23 heavy (non-hydrogen) atoms. The standard InChI is InChI=1S/C16H23BrN2O2S.ClH/c17-14-2-1-3-15(12-14)21-9-11-22-10-8-19-16(20)13-4-6-18-7-5-13;/h1-3,12-13,18H,4-11H2,(H,19,20);1H. The topological polar surface area (TPSA) is 50.4 Å². The third-order valence-electron chi connectivity index (χ3n) is 3.55. The second-order valence-corrected chi connectivity index (χ2v) is 7.37. The molecule has 1 saturated heterocycles. The van der Waals surface area contributed by atoms with Crippen LogP contribution in [0.2, 0.25) is 0 Å². The molecule has 0 bridgehead atoms. The Morgan fingerprint density at radius 3 is 2.87 bits per heavy atom. The smallest absolute Gasteiger partial charge is 0.223 e. The number of carbonyl (C=O) groups excluding carboxylic acids is 1. The molecule has 0 radical (unpaired) electrons. The second kappa shape index (κ2) is 12.0. The third kappa shape index (κ3) is 8.29. The number of thioether (sulfide) groups is 1. The molecule has 0 saturated carbocycles. The van der Waals surface area contributed by atoms with Gasteiger partial charge in [0.25, 0.3) is 0 Å². The average Bonchev–Trinajstić information content (AvgIpc) is 2.54. The minimum Gasteiger partial charge on any atom is -0.493 e. The van der Waals surface area contributed by atoms with Gasteiger partial charge in [-0.3, -0.25) is 4.79 Å². The maximum absolute atomic E-state index is 11.9. The Kier molecular flexibility index (Phi) is 10.8. The monoisotopic (exact) mass is 422 g/mol. The second-order valence-electron chi connectivity index (χ2n) is 5.23. The number of carbonyl (C=O) groups is 1. The van der Waals surface area contributed by atoms with Crippen LogP contribution in [0.4, 0.5) is 0 Å². The molecule has 0 unspecified atom stereocenters. The fourth-order valence-corrected chi connectivity index (χ4v) is 3.38. The van der Waals surface area contributed by atoms with Crippen LogP contribution in [0.5, 0.6) is 5.75 Å². The van der Waals surface area contributed by atoms with Gasteiger partial charge in [-0.25, -0.2) is 0 Å². The van der Waals surface area contributed by atoms with E-state index in [0.717, 1.165) is 54.2 Å². The van der Waals surface area contributed by atoms with Crippen LogP contribution in [0.3, 0.4) is 0 Å². The first-order valence-electron chi connectivity index (χ1n) is 7.70. The SMILES string of the molecule is Cl.O=C(NCCSCCOc1cccc(Br)c1)C1CCNCC1. The van der Waals surface area contributed by atoms with Gasteiger partial charge < -0.3 is 15.4 Å². The van der Waals surface area contributed by atoms with Crippen molar-refractivity contribution in [3.8, 4) is 5.75 Å². The Balaban J connectivity index is 0.00000264. The van der Waals surface area contributed by atoms with Crippen LogP contribution in [0.15, 0.2) is 28.7 Å². The first-order chi connectivity index (χ1) is 10.8. The van der Waals surface area contributed by atoms with Gasteiger partial charge in [0.1, 0.15) is 5.75 Å². The highest BCUT2D eigenvalue weighted by Gasteiger charge is 2.19. The summed E-state index contributed by atoms with van der Waals surface area (Å²) >= 11 is 5.22. The molecule has 4 nitrogen and oxygen atoms in total. The predicted molar refractivity (Wildman–Crippen MR) is 103 cm³/mol. The highest BCUT2D eigenvalue weighted by Crippen LogP contribution is 2.18. The van der Waals surface area contributed by atoms with Gasteiger partial charge in [0, 0.05) is 28.4 Å². The van der Waals surface area contributed by atoms with E-state index in [2.05, 4.69) is 26.6 Å². The van der Waals surface area contributed by atoms with Crippen LogP contribution in [0.1, 0.15) is 12.8 Å². The molecule has 1 aromatic rings. The van der Waals surface area contributed by atoms with Crippen molar-refractivity contribution in [3.63, 3.8) is 0 Å². The van der Waals surface area contributed by atoms with Gasteiger partial charge >= 0.3 is 0 Å². The molecule has 0 aromatic heterocycles. The van der Waals surface area contributed by atoms with Crippen molar-refractivity contribution in [2.75, 3.05) is 37.7 Å². The Labute approximate surface area is 157 Å². The summed E-state index contributed by atoms with van der Waals surface area (Å²) in [5, 5.41) is 6.31. The number of hydrogen-bond donors (Lipinski definition) is 2. The highest BCUT2D eigenvalue weighted by molar-refractivity contribution is 9.10. The minimum atomic E-state index is 0. The maximum atomic E-state index is 11.9. The average molecular weight is 424 g/mol. The lowest BCUT2D eigenvalue weighted by Gasteiger charge is -2.21. The zero-order valence-corrected chi connectivity index (χ0v) is 16.3. The molecule has 1 amide bonds. The van der Waals surface area contributed by atoms with Crippen molar-refractivity contribution in [2.24, 2.45) is 5.92 Å². The van der Waals surface area contributed by atoms with Gasteiger partial charge in [0.15, 0.2) is 0 Å². The molecule has 0 spiro atoms. The van der Waals surface area contributed by atoms with E-state index >= 15 is 0 Å². The van der Waals surface area contributed by atoms with Gasteiger partial charge in [-0.05, 0) is 44.1 Å². The first kappa shape index (κ1) is 20.6. The van der Waals surface area contributed by atoms with Gasteiger partial charge in [0.05, 0.1) is 6.61 Å². The number of nitrogens with one attached hydrogen (secondary N) is 2. The summed E-state index contributed by atoms with van der Waals surface area (Å²) in [6, 6.07) is 7.86. The fraction of sp³-hybridized carbons (Fsp3) is 0.562. The minimum absolute atomic E-state index is 0. The lowest BCUT2D eigenvalue weighted by Crippen LogP contribution is -2.38. The van der Waals surface area contributed by atoms with Crippen molar-refractivity contribution in [3.05, 3.63) is 28.7 Å². The zero-order chi connectivity index (χ0) is 15.6. The Hall–Kier alpha value is -0.430. The molecule has 1 aromatic carbocycles. The van der Waals surface area contributed by atoms with E-state index in [9.17, 15) is 4.79 Å². The molecule has 1 aliphatic rings. The number of ether oxygens (including phenoxy) is 1. The van der Waals surface area contributed by atoms with Gasteiger partial charge in [-0.1, -0.05) is 22.0 Å². The van der Waals surface area contributed by atoms with Gasteiger partial charge in [0.2, 0.25) is 5.91 Å². The third-order valence-corrected chi connectivity index (χ3v) is 4.99. The van der Waals surface area contributed by atoms with E-state index < -0.39 is 0 Å². The van der Waals surface area contributed by atoms with Crippen molar-refractivity contribution in [1.82, 2.24) is 10.6 Å². The summed E-state index contributed by atoms with van der Waals surface area (Å²) in [4.78, 5) is 11.9. The van der Waals surface area contributed by atoms with E-state index in [1.807, 2.05) is 24.3 Å². The summed E-state index contributed by atoms with van der Waals surface area (Å²) in [5.41, 5.74) is 0. The van der Waals surface area contributed by atoms with Crippen molar-refractivity contribution in [2.45, 2.75) is 12.8 Å². The lowest BCUT2D eigenvalue weighted by atomic mass is 9.97. The number of hydrogen-bond acceptors (Lipinski definition) is 4. The maximum Gasteiger partial charge on any atom is 0.223 e. The summed E-state index contributed by atoms with van der Waals surface area (Å²) in [5.74, 6) is 3.15. The van der Waals surface area contributed by atoms with E-state index in [4.69, 9.17) is 4.74 Å². The number of halogens is 2. The highest BCUT2D eigenvalue weighted by atomic mass is 79.9. The number of piperidine rings is 1. The predicted octanol–water partition coefficient (Wildman–Crippen LogP) is 3.10. The van der Waals surface area contributed by atoms with E-state index in [-0.39, 0.29) is 24.2 Å². The molecule has 2 N–H and O–H groups in total. The zero-order valence-electron chi connectivity index (χ0n) is 13.1. The molecular weight excluding hydrogens is 400 g/mol. The van der Waals surface area contributed by atoms with Gasteiger partial charge in [-0.15, -0.1) is 12.4 Å². The van der Waals surface area contributed by atoms with E-state index in [1.165, 1.54) is 0 Å². The Morgan fingerprint density at radius 1 is 1.35 bits per heavy atom. The molecule has 1 heterocycles. The van der Waals surface area contributed by atoms with E-state index in [0.29, 0.717) is 6.61 Å². The fourth-order valence-electron chi connectivity index (χ4n) is 2.35. The van der Waals surface area contributed by atoms with Crippen molar-refractivity contribution < 1.29 is 9.53 Å². The molecule has 7 heteroatoms. The van der Waals surface area contributed by atoms with Crippen molar-refractivity contribution >= 4 is 46.0 Å². The van der Waals surface area contributed by atoms with Crippen LogP contribution in [0, 0.1) is 5.92 Å². The molecule has 2 rings (SSSR count). The van der Waals surface area contributed by atoms with Crippen LogP contribution >= 0.6 is 40.1 Å². The Morgan fingerprint density at radius 2 is 2.13 bits per heavy atom. The van der Waals surface area contributed by atoms with Crippen LogP contribution in [0.25, 0.3) is 0 Å². The van der Waals surface area contributed by atoms with Crippen LogP contribution < -0.4 is 15.4 Å². The normalized spacial score (nSPS) is 14.8. The summed E-state index contributed by atoms with van der Waals surface area (Å²) in [6.45, 7) is 3.34. The number of amides is 1. The van der Waals surface area contributed by atoms with Crippen molar-refractivity contribution in [1.29, 1.82) is 0 Å². The molecule has 1 fully saturated rings. The number of rotatable bonds is 8. The summed E-state index contributed by atoms with van der Waals surface area (Å²) in [6.07, 6.45) is 1.92. The molecule has 0 aliphatic carbocycles. The molecular formula is C16H24BrClN2O2S. The quantitative estimate of drug-likeness (QED) is 0.631. The van der Waals surface area contributed by atoms with E-state index in [1.54, 1.807) is 11.8 Å². The summed E-state index contributed by atoms with van der Waals surface area (Å²) < 4.78 is 6.69. The lowest BCUT2D eigenvalue weighted by molar-refractivity contribution is -0.125. The summed E-state index contributed by atoms with van der Waals surface area (Å²) in [7, 11) is 0. The largest absolute Gasteiger partial charge is 0.493 e. The van der Waals surface area contributed by atoms with Crippen LogP contribution in [-0.2, 0) is 4.79 Å². The Bertz CT molecular complexity index is 473. The van der Waals surface area contributed by atoms with Crippen LogP contribution in [-0.4, -0.2) is 43.7 Å². The number of benzene rings is 1. The molecule has 1 aliphatic heterocycles.